The maximum absolute atomic E-state index is 14.3. The minimum Gasteiger partial charge on any atom is -0.481 e. The quantitative estimate of drug-likeness (QED) is 0.543. The summed E-state index contributed by atoms with van der Waals surface area (Å²) in [5, 5.41) is 0. The Balaban J connectivity index is 0.00000216. The van der Waals surface area contributed by atoms with E-state index in [0.717, 1.165) is 12.1 Å². The number of rotatable bonds is 5. The molecular formula is C23H26F2N4O6. The number of halogens is 2. The molecule has 10 nitrogen and oxygen atoms in total. The lowest BCUT2D eigenvalue weighted by atomic mass is 9.97. The lowest BCUT2D eigenvalue weighted by Crippen LogP contribution is -2.45. The number of piperidine rings is 1. The van der Waals surface area contributed by atoms with Crippen LogP contribution < -0.4 is 15.9 Å². The minimum absolute atomic E-state index is 0. The predicted octanol–water partition coefficient (Wildman–Crippen LogP) is 0.420. The number of carbonyl (C=O) groups is 2. The first-order valence-corrected chi connectivity index (χ1v) is 10.4. The topological polar surface area (TPSA) is 171 Å². The number of pyridine rings is 2. The summed E-state index contributed by atoms with van der Waals surface area (Å²) in [5.41, 5.74) is 4.55. The van der Waals surface area contributed by atoms with Gasteiger partial charge in [0.15, 0.2) is 0 Å². The van der Waals surface area contributed by atoms with E-state index in [1.165, 1.54) is 34.9 Å². The molecule has 188 valence electrons. The summed E-state index contributed by atoms with van der Waals surface area (Å²) in [4.78, 5) is 43.7. The summed E-state index contributed by atoms with van der Waals surface area (Å²) in [5.74, 6) is -2.96. The smallest absolute Gasteiger partial charge is 0.259 e. The van der Waals surface area contributed by atoms with Gasteiger partial charge in [-0.05, 0) is 31.0 Å². The molecule has 1 aromatic carbocycles. The number of benzene rings is 1. The van der Waals surface area contributed by atoms with Gasteiger partial charge in [-0.15, -0.1) is 0 Å². The molecule has 4 rings (SSSR count). The molecule has 1 fully saturated rings. The van der Waals surface area contributed by atoms with Crippen molar-refractivity contribution in [2.24, 2.45) is 11.7 Å². The molecule has 1 atom stereocenters. The number of likely N-dealkylation sites (tertiary alicyclic amines) is 1. The zero-order valence-electron chi connectivity index (χ0n) is 18.9. The Morgan fingerprint density at radius 2 is 1.86 bits per heavy atom. The number of fused-ring (bicyclic) bond motifs is 1. The maximum Gasteiger partial charge on any atom is 0.259 e. The van der Waals surface area contributed by atoms with Crippen LogP contribution in [0.2, 0.25) is 0 Å². The van der Waals surface area contributed by atoms with Gasteiger partial charge in [0.1, 0.15) is 22.7 Å². The van der Waals surface area contributed by atoms with Gasteiger partial charge in [0, 0.05) is 30.9 Å². The number of hydrogen-bond acceptors (Lipinski definition) is 5. The van der Waals surface area contributed by atoms with Crippen molar-refractivity contribution in [2.45, 2.75) is 19.4 Å². The molecule has 3 heterocycles. The Bertz CT molecular complexity index is 1290. The second kappa shape index (κ2) is 11.0. The molecule has 2 amide bonds. The average molecular weight is 492 g/mol. The third-order valence-corrected chi connectivity index (χ3v) is 5.84. The van der Waals surface area contributed by atoms with Gasteiger partial charge < -0.3 is 30.9 Å². The fraction of sp³-hybridized carbons (Fsp3) is 0.304. The van der Waals surface area contributed by atoms with E-state index in [9.17, 15) is 23.2 Å². The lowest BCUT2D eigenvalue weighted by molar-refractivity contribution is -0.123. The Morgan fingerprint density at radius 3 is 2.49 bits per heavy atom. The maximum atomic E-state index is 14.3. The number of nitrogens with zero attached hydrogens (tertiary/aromatic N) is 3. The minimum atomic E-state index is -0.753. The molecule has 1 aliphatic heterocycles. The third-order valence-electron chi connectivity index (χ3n) is 5.84. The molecule has 35 heavy (non-hydrogen) atoms. The second-order valence-corrected chi connectivity index (χ2v) is 7.91. The molecule has 3 aromatic rings. The Kier molecular flexibility index (Phi) is 8.61. The predicted molar refractivity (Wildman–Crippen MR) is 123 cm³/mol. The lowest BCUT2D eigenvalue weighted by Gasteiger charge is -2.31. The van der Waals surface area contributed by atoms with Gasteiger partial charge >= 0.3 is 0 Å². The van der Waals surface area contributed by atoms with Crippen molar-refractivity contribution < 1.29 is 34.1 Å². The monoisotopic (exact) mass is 492 g/mol. The van der Waals surface area contributed by atoms with Crippen molar-refractivity contribution in [3.63, 3.8) is 0 Å². The van der Waals surface area contributed by atoms with Crippen LogP contribution in [0.5, 0.6) is 5.88 Å². The van der Waals surface area contributed by atoms with Crippen molar-refractivity contribution in [3.8, 4) is 5.88 Å². The van der Waals surface area contributed by atoms with Crippen molar-refractivity contribution in [2.75, 3.05) is 20.2 Å². The molecule has 2 aromatic heterocycles. The fourth-order valence-corrected chi connectivity index (χ4v) is 4.06. The largest absolute Gasteiger partial charge is 0.481 e. The van der Waals surface area contributed by atoms with Crippen LogP contribution >= 0.6 is 0 Å². The van der Waals surface area contributed by atoms with E-state index in [1.54, 1.807) is 6.07 Å². The summed E-state index contributed by atoms with van der Waals surface area (Å²) < 4.78 is 35.2. The fourth-order valence-electron chi connectivity index (χ4n) is 4.06. The van der Waals surface area contributed by atoms with E-state index in [4.69, 9.17) is 10.5 Å². The van der Waals surface area contributed by atoms with E-state index in [1.807, 2.05) is 0 Å². The summed E-state index contributed by atoms with van der Waals surface area (Å²) in [7, 11) is 1.38. The standard InChI is InChI=1S/C23H22F2N4O4.2H2O/c1-33-19-8-7-18-20(27-19)21(30)15(23(32)28-9-3-4-13(10-28)22(26)31)12-29(18)11-14-16(24)5-2-6-17(14)25;;/h2,5-8,12-13H,3-4,9-11H2,1H3,(H2,26,31);2*1H2. The van der Waals surface area contributed by atoms with Crippen LogP contribution in [-0.2, 0) is 11.3 Å². The molecule has 0 aliphatic carbocycles. The molecule has 6 N–H and O–H groups in total. The highest BCUT2D eigenvalue weighted by atomic mass is 19.1. The molecule has 12 heteroatoms. The number of hydrogen-bond donors (Lipinski definition) is 1. The molecule has 1 unspecified atom stereocenters. The number of primary amides is 1. The molecule has 0 radical (unpaired) electrons. The third kappa shape index (κ3) is 5.28. The number of amides is 2. The van der Waals surface area contributed by atoms with Crippen LogP contribution in [0.1, 0.15) is 28.8 Å². The average Bonchev–Trinajstić information content (AvgIpc) is 2.82. The SMILES string of the molecule is COc1ccc2c(n1)c(=O)c(C(=O)N1CCCC(C(N)=O)C1)cn2Cc1c(F)cccc1F.O.O. The second-order valence-electron chi connectivity index (χ2n) is 7.91. The normalized spacial score (nSPS) is 15.2. The van der Waals surface area contributed by atoms with E-state index >= 15 is 0 Å². The van der Waals surface area contributed by atoms with Gasteiger partial charge in [0.25, 0.3) is 5.91 Å². The van der Waals surface area contributed by atoms with Gasteiger partial charge in [0.2, 0.25) is 17.2 Å². The van der Waals surface area contributed by atoms with Crippen LogP contribution in [0.25, 0.3) is 11.0 Å². The summed E-state index contributed by atoms with van der Waals surface area (Å²) in [6.45, 7) is 0.181. The summed E-state index contributed by atoms with van der Waals surface area (Å²) >= 11 is 0. The zero-order chi connectivity index (χ0) is 23.7. The van der Waals surface area contributed by atoms with E-state index in [2.05, 4.69) is 4.98 Å². The van der Waals surface area contributed by atoms with Gasteiger partial charge in [-0.1, -0.05) is 6.07 Å². The van der Waals surface area contributed by atoms with Crippen LogP contribution in [0.4, 0.5) is 8.78 Å². The summed E-state index contributed by atoms with van der Waals surface area (Å²) in [6.07, 6.45) is 2.40. The highest BCUT2D eigenvalue weighted by Gasteiger charge is 2.29. The highest BCUT2D eigenvalue weighted by molar-refractivity contribution is 5.97. The van der Waals surface area contributed by atoms with E-state index in [-0.39, 0.29) is 52.1 Å². The highest BCUT2D eigenvalue weighted by Crippen LogP contribution is 2.22. The van der Waals surface area contributed by atoms with Crippen LogP contribution in [0, 0.1) is 17.6 Å². The van der Waals surface area contributed by atoms with Crippen molar-refractivity contribution in [1.29, 1.82) is 0 Å². The molecule has 0 saturated carbocycles. The van der Waals surface area contributed by atoms with E-state index < -0.39 is 34.8 Å². The Morgan fingerprint density at radius 1 is 1.17 bits per heavy atom. The van der Waals surface area contributed by atoms with Gasteiger partial charge in [-0.2, -0.15) is 0 Å². The van der Waals surface area contributed by atoms with E-state index in [0.29, 0.717) is 19.4 Å². The first-order valence-electron chi connectivity index (χ1n) is 10.4. The number of aromatic nitrogens is 2. The number of nitrogens with two attached hydrogens (primary N) is 1. The van der Waals surface area contributed by atoms with Crippen molar-refractivity contribution >= 4 is 22.8 Å². The molecular weight excluding hydrogens is 466 g/mol. The van der Waals surface area contributed by atoms with Crippen LogP contribution in [0.3, 0.4) is 0 Å². The number of methoxy groups -OCH3 is 1. The molecule has 0 spiro atoms. The number of ether oxygens (including phenoxy) is 1. The number of carbonyl (C=O) groups excluding carboxylic acids is 2. The van der Waals surface area contributed by atoms with Gasteiger partial charge in [0.05, 0.1) is 25.1 Å². The van der Waals surface area contributed by atoms with Gasteiger partial charge in [-0.25, -0.2) is 13.8 Å². The zero-order valence-corrected chi connectivity index (χ0v) is 18.9. The molecule has 1 saturated heterocycles. The molecule has 0 bridgehead atoms. The van der Waals surface area contributed by atoms with Crippen molar-refractivity contribution in [3.05, 3.63) is 69.5 Å². The van der Waals surface area contributed by atoms with Gasteiger partial charge in [-0.3, -0.25) is 14.4 Å². The van der Waals surface area contributed by atoms with Crippen molar-refractivity contribution in [1.82, 2.24) is 14.5 Å². The Hall–Kier alpha value is -3.90. The summed E-state index contributed by atoms with van der Waals surface area (Å²) in [6, 6.07) is 6.58. The molecule has 1 aliphatic rings. The van der Waals surface area contributed by atoms with Crippen LogP contribution in [-0.4, -0.2) is 57.4 Å². The van der Waals surface area contributed by atoms with Crippen LogP contribution in [0.15, 0.2) is 41.3 Å². The first-order chi connectivity index (χ1) is 15.8. The first kappa shape index (κ1) is 27.3. The Labute approximate surface area is 198 Å².